The Morgan fingerprint density at radius 3 is 2.30 bits per heavy atom. The number of halogens is 5. The Kier molecular flexibility index (Phi) is 3.71. The van der Waals surface area contributed by atoms with Crippen LogP contribution in [0.4, 0.5) is 22.0 Å². The van der Waals surface area contributed by atoms with Crippen LogP contribution in [0, 0.1) is 0 Å². The SMILES string of the molecule is O=C1O[C@@H](CCc2ccccc2)[C@](F)(C(F)F)C1(F)F. The number of esters is 1. The summed E-state index contributed by atoms with van der Waals surface area (Å²) in [5.41, 5.74) is -3.63. The van der Waals surface area contributed by atoms with Gasteiger partial charge in [-0.05, 0) is 18.4 Å². The average molecular weight is 294 g/mol. The number of alkyl halides is 5. The van der Waals surface area contributed by atoms with E-state index in [0.717, 1.165) is 0 Å². The maximum absolute atomic E-state index is 14.0. The summed E-state index contributed by atoms with van der Waals surface area (Å²) in [4.78, 5) is 10.9. The van der Waals surface area contributed by atoms with Crippen molar-refractivity contribution in [2.75, 3.05) is 0 Å². The fourth-order valence-corrected chi connectivity index (χ4v) is 2.14. The van der Waals surface area contributed by atoms with Gasteiger partial charge >= 0.3 is 11.9 Å². The van der Waals surface area contributed by atoms with E-state index in [4.69, 9.17) is 0 Å². The summed E-state index contributed by atoms with van der Waals surface area (Å²) < 4.78 is 70.0. The van der Waals surface area contributed by atoms with Crippen LogP contribution in [0.3, 0.4) is 0 Å². The van der Waals surface area contributed by atoms with Crippen LogP contribution >= 0.6 is 0 Å². The summed E-state index contributed by atoms with van der Waals surface area (Å²) in [6.45, 7) is 0. The third-order valence-corrected chi connectivity index (χ3v) is 3.31. The molecule has 0 spiro atoms. The Balaban J connectivity index is 2.17. The summed E-state index contributed by atoms with van der Waals surface area (Å²) in [6, 6.07) is 8.32. The minimum atomic E-state index is -4.83. The number of carbonyl (C=O) groups excluding carboxylic acids is 1. The van der Waals surface area contributed by atoms with Crippen molar-refractivity contribution < 1.29 is 31.5 Å². The Bertz CT molecular complexity index is 491. The van der Waals surface area contributed by atoms with Crippen molar-refractivity contribution >= 4 is 5.97 Å². The third-order valence-electron chi connectivity index (χ3n) is 3.31. The van der Waals surface area contributed by atoms with Crippen LogP contribution in [0.1, 0.15) is 12.0 Å². The van der Waals surface area contributed by atoms with Crippen LogP contribution in [-0.2, 0) is 16.0 Å². The molecule has 2 nitrogen and oxygen atoms in total. The number of rotatable bonds is 4. The van der Waals surface area contributed by atoms with Crippen LogP contribution in [-0.4, -0.2) is 30.1 Å². The molecule has 1 heterocycles. The fraction of sp³-hybridized carbons (Fsp3) is 0.462. The van der Waals surface area contributed by atoms with Crippen molar-refractivity contribution in [2.24, 2.45) is 0 Å². The predicted molar refractivity (Wildman–Crippen MR) is 59.4 cm³/mol. The monoisotopic (exact) mass is 294 g/mol. The zero-order valence-corrected chi connectivity index (χ0v) is 10.2. The number of ether oxygens (including phenoxy) is 1. The van der Waals surface area contributed by atoms with E-state index in [1.54, 1.807) is 30.3 Å². The first kappa shape index (κ1) is 14.7. The van der Waals surface area contributed by atoms with Crippen molar-refractivity contribution in [1.82, 2.24) is 0 Å². The van der Waals surface area contributed by atoms with Crippen molar-refractivity contribution in [3.8, 4) is 0 Å². The number of carbonyl (C=O) groups is 1. The summed E-state index contributed by atoms with van der Waals surface area (Å²) in [5, 5.41) is 0. The third kappa shape index (κ3) is 2.14. The van der Waals surface area contributed by atoms with E-state index in [2.05, 4.69) is 4.74 Å². The average Bonchev–Trinajstić information content (AvgIpc) is 2.59. The molecule has 110 valence electrons. The van der Waals surface area contributed by atoms with E-state index in [9.17, 15) is 26.7 Å². The van der Waals surface area contributed by atoms with Crippen LogP contribution in [0.15, 0.2) is 30.3 Å². The van der Waals surface area contributed by atoms with Gasteiger partial charge in [-0.2, -0.15) is 8.78 Å². The Morgan fingerprint density at radius 2 is 1.75 bits per heavy atom. The summed E-state index contributed by atoms with van der Waals surface area (Å²) >= 11 is 0. The molecule has 0 unspecified atom stereocenters. The van der Waals surface area contributed by atoms with Crippen molar-refractivity contribution in [2.45, 2.75) is 37.0 Å². The lowest BCUT2D eigenvalue weighted by Gasteiger charge is -2.26. The van der Waals surface area contributed by atoms with Gasteiger partial charge in [-0.25, -0.2) is 18.0 Å². The van der Waals surface area contributed by atoms with Crippen LogP contribution < -0.4 is 0 Å². The molecule has 0 aromatic heterocycles. The van der Waals surface area contributed by atoms with E-state index >= 15 is 0 Å². The van der Waals surface area contributed by atoms with Gasteiger partial charge < -0.3 is 4.74 Å². The van der Waals surface area contributed by atoms with E-state index in [0.29, 0.717) is 5.56 Å². The van der Waals surface area contributed by atoms with E-state index in [1.165, 1.54) is 0 Å². The second kappa shape index (κ2) is 5.03. The molecule has 1 aromatic carbocycles. The summed E-state index contributed by atoms with van der Waals surface area (Å²) in [6.07, 6.45) is -6.56. The van der Waals surface area contributed by atoms with Gasteiger partial charge in [0.15, 0.2) is 0 Å². The van der Waals surface area contributed by atoms with Gasteiger partial charge in [0.1, 0.15) is 6.10 Å². The Labute approximate surface area is 111 Å². The molecular formula is C13H11F5O2. The maximum atomic E-state index is 14.0. The van der Waals surface area contributed by atoms with Gasteiger partial charge in [0.25, 0.3) is 12.1 Å². The van der Waals surface area contributed by atoms with E-state index in [-0.39, 0.29) is 6.42 Å². The van der Waals surface area contributed by atoms with Crippen molar-refractivity contribution in [3.05, 3.63) is 35.9 Å². The van der Waals surface area contributed by atoms with Crippen LogP contribution in [0.5, 0.6) is 0 Å². The highest BCUT2D eigenvalue weighted by atomic mass is 19.3. The van der Waals surface area contributed by atoms with E-state index < -0.39 is 36.5 Å². The molecule has 1 aliphatic heterocycles. The Hall–Kier alpha value is -1.66. The van der Waals surface area contributed by atoms with Gasteiger partial charge in [0.2, 0.25) is 0 Å². The number of hydrogen-bond acceptors (Lipinski definition) is 2. The molecular weight excluding hydrogens is 283 g/mol. The number of hydrogen-bond donors (Lipinski definition) is 0. The summed E-state index contributed by atoms with van der Waals surface area (Å²) in [7, 11) is 0. The standard InChI is InChI=1S/C13H11F5O2/c14-10(15)12(16)9(20-11(19)13(12,17)18)7-6-8-4-2-1-3-5-8/h1-5,9-10H,6-7H2/t9-,12-/m0/s1. The lowest BCUT2D eigenvalue weighted by Crippen LogP contribution is -2.54. The minimum absolute atomic E-state index is 0.0489. The highest BCUT2D eigenvalue weighted by molar-refractivity contribution is 5.82. The first-order chi connectivity index (χ1) is 9.30. The molecule has 1 aliphatic rings. The second-order valence-corrected chi connectivity index (χ2v) is 4.56. The molecule has 0 saturated carbocycles. The summed E-state index contributed by atoms with van der Waals surface area (Å²) in [5.74, 6) is -7.07. The highest BCUT2D eigenvalue weighted by Gasteiger charge is 2.76. The van der Waals surface area contributed by atoms with Gasteiger partial charge in [-0.1, -0.05) is 30.3 Å². The molecule has 0 bridgehead atoms. The first-order valence-electron chi connectivity index (χ1n) is 5.90. The molecule has 20 heavy (non-hydrogen) atoms. The molecule has 2 rings (SSSR count). The molecule has 2 atom stereocenters. The van der Waals surface area contributed by atoms with Crippen LogP contribution in [0.2, 0.25) is 0 Å². The minimum Gasteiger partial charge on any atom is -0.454 e. The Morgan fingerprint density at radius 1 is 1.15 bits per heavy atom. The number of cyclic esters (lactones) is 1. The number of aryl methyl sites for hydroxylation is 1. The molecule has 1 aromatic rings. The van der Waals surface area contributed by atoms with Crippen molar-refractivity contribution in [3.63, 3.8) is 0 Å². The van der Waals surface area contributed by atoms with Crippen molar-refractivity contribution in [1.29, 1.82) is 0 Å². The topological polar surface area (TPSA) is 26.3 Å². The van der Waals surface area contributed by atoms with Gasteiger partial charge in [-0.15, -0.1) is 0 Å². The molecule has 0 radical (unpaired) electrons. The molecule has 0 aliphatic carbocycles. The molecule has 0 N–H and O–H groups in total. The molecule has 1 saturated heterocycles. The van der Waals surface area contributed by atoms with Gasteiger partial charge in [-0.3, -0.25) is 0 Å². The van der Waals surface area contributed by atoms with Gasteiger partial charge in [0.05, 0.1) is 0 Å². The second-order valence-electron chi connectivity index (χ2n) is 4.56. The highest BCUT2D eigenvalue weighted by Crippen LogP contribution is 2.48. The number of benzene rings is 1. The molecule has 7 heteroatoms. The predicted octanol–water partition coefficient (Wildman–Crippen LogP) is 3.15. The normalized spacial score (nSPS) is 28.7. The lowest BCUT2D eigenvalue weighted by atomic mass is 9.90. The quantitative estimate of drug-likeness (QED) is 0.630. The zero-order valence-electron chi connectivity index (χ0n) is 10.2. The molecule has 1 fully saturated rings. The maximum Gasteiger partial charge on any atom is 0.385 e. The van der Waals surface area contributed by atoms with Gasteiger partial charge in [0, 0.05) is 0 Å². The van der Waals surface area contributed by atoms with Crippen LogP contribution in [0.25, 0.3) is 0 Å². The fourth-order valence-electron chi connectivity index (χ4n) is 2.14. The lowest BCUT2D eigenvalue weighted by molar-refractivity contribution is -0.188. The van der Waals surface area contributed by atoms with E-state index in [1.807, 2.05) is 0 Å². The smallest absolute Gasteiger partial charge is 0.385 e. The zero-order chi connectivity index (χ0) is 15.0. The largest absolute Gasteiger partial charge is 0.454 e. The molecule has 0 amide bonds. The first-order valence-corrected chi connectivity index (χ1v) is 5.90.